The van der Waals surface area contributed by atoms with Crippen LogP contribution in [-0.4, -0.2) is 21.0 Å². The number of hydrogen-bond donors (Lipinski definition) is 0. The van der Waals surface area contributed by atoms with Crippen molar-refractivity contribution in [1.29, 1.82) is 0 Å². The van der Waals surface area contributed by atoms with Crippen LogP contribution in [0.15, 0.2) is 53.4 Å². The molecule has 7 heteroatoms. The fraction of sp³-hybridized carbons (Fsp3) is 0. The lowest BCUT2D eigenvalue weighted by Gasteiger charge is -2.13. The number of thioether (sulfide) groups is 1. The molecule has 1 aliphatic rings. The molecule has 1 saturated heterocycles. The number of rotatable bonds is 2. The third-order valence-electron chi connectivity index (χ3n) is 3.29. The van der Waals surface area contributed by atoms with Crippen molar-refractivity contribution in [1.82, 2.24) is 4.90 Å². The third-order valence-corrected chi connectivity index (χ3v) is 5.54. The van der Waals surface area contributed by atoms with Gasteiger partial charge in [0.25, 0.3) is 11.8 Å². The maximum atomic E-state index is 13.8. The Labute approximate surface area is 161 Å². The Morgan fingerprint density at radius 1 is 1.17 bits per heavy atom. The lowest BCUT2D eigenvalue weighted by Crippen LogP contribution is -2.35. The number of carbonyl (C=O) groups excluding carboxylic acids is 2. The van der Waals surface area contributed by atoms with Gasteiger partial charge in [-0.05, 0) is 46.9 Å². The molecule has 0 radical (unpaired) electrons. The van der Waals surface area contributed by atoms with Crippen LogP contribution in [0.1, 0.15) is 15.9 Å². The van der Waals surface area contributed by atoms with E-state index in [2.05, 4.69) is 0 Å². The molecule has 1 heterocycles. The van der Waals surface area contributed by atoms with Crippen molar-refractivity contribution in [3.05, 3.63) is 74.0 Å². The number of nitrogens with zero attached hydrogens (tertiary/aromatic N) is 1. The number of benzene rings is 2. The highest BCUT2D eigenvalue weighted by Crippen LogP contribution is 2.34. The second-order valence-corrected chi connectivity index (χ2v) is 7.66. The summed E-state index contributed by atoms with van der Waals surface area (Å²) in [5.74, 6) is -1.44. The molecule has 2 amide bonds. The lowest BCUT2D eigenvalue weighted by molar-refractivity contribution is -0.120. The first kappa shape index (κ1) is 17.2. The molecular weight excluding hydrogens is 460 g/mol. The average molecular weight is 469 g/mol. The normalized spacial score (nSPS) is 16.1. The fourth-order valence-electron chi connectivity index (χ4n) is 2.13. The van der Waals surface area contributed by atoms with Gasteiger partial charge in [0.2, 0.25) is 0 Å². The first-order valence-electron chi connectivity index (χ1n) is 6.80. The van der Waals surface area contributed by atoms with Crippen molar-refractivity contribution in [3.63, 3.8) is 0 Å². The van der Waals surface area contributed by atoms with Crippen LogP contribution < -0.4 is 0 Å². The van der Waals surface area contributed by atoms with Gasteiger partial charge < -0.3 is 0 Å². The Balaban J connectivity index is 1.94. The van der Waals surface area contributed by atoms with Crippen molar-refractivity contribution >= 4 is 68.8 Å². The summed E-state index contributed by atoms with van der Waals surface area (Å²) in [6.45, 7) is 0. The highest BCUT2D eigenvalue weighted by atomic mass is 127. The van der Waals surface area contributed by atoms with Crippen molar-refractivity contribution in [2.24, 2.45) is 0 Å². The van der Waals surface area contributed by atoms with Crippen LogP contribution in [0, 0.1) is 9.39 Å². The summed E-state index contributed by atoms with van der Waals surface area (Å²) in [5.41, 5.74) is 0.682. The number of hydrogen-bond acceptors (Lipinski definition) is 4. The molecule has 0 aliphatic carbocycles. The van der Waals surface area contributed by atoms with Gasteiger partial charge in [-0.15, -0.1) is 0 Å². The molecular formula is C17H9FINO2S2. The van der Waals surface area contributed by atoms with Crippen LogP contribution in [0.5, 0.6) is 0 Å². The number of carbonyl (C=O) groups is 2. The van der Waals surface area contributed by atoms with Crippen molar-refractivity contribution < 1.29 is 14.0 Å². The third kappa shape index (κ3) is 3.28. The SMILES string of the molecule is O=C1/C(=C\c2ccccc2F)SC(=S)N1C(=O)c1ccccc1I. The van der Waals surface area contributed by atoms with E-state index in [1.807, 2.05) is 22.6 Å². The minimum absolute atomic E-state index is 0.146. The van der Waals surface area contributed by atoms with E-state index >= 15 is 0 Å². The second-order valence-electron chi connectivity index (χ2n) is 4.82. The van der Waals surface area contributed by atoms with Crippen LogP contribution in [0.25, 0.3) is 6.08 Å². The number of thiocarbonyl (C=S) groups is 1. The topological polar surface area (TPSA) is 37.4 Å². The molecule has 2 aromatic rings. The first-order chi connectivity index (χ1) is 11.5. The molecule has 1 aliphatic heterocycles. The monoisotopic (exact) mass is 469 g/mol. The first-order valence-corrected chi connectivity index (χ1v) is 9.10. The Hall–Kier alpha value is -1.58. The predicted molar refractivity (Wildman–Crippen MR) is 105 cm³/mol. The van der Waals surface area contributed by atoms with Gasteiger partial charge in [0.15, 0.2) is 4.32 Å². The number of imide groups is 1. The molecule has 0 N–H and O–H groups in total. The minimum atomic E-state index is -0.530. The molecule has 120 valence electrons. The molecule has 0 bridgehead atoms. The van der Waals surface area contributed by atoms with Crippen molar-refractivity contribution in [2.45, 2.75) is 0 Å². The van der Waals surface area contributed by atoms with Gasteiger partial charge >= 0.3 is 0 Å². The fourth-order valence-corrected chi connectivity index (χ4v) is 3.99. The summed E-state index contributed by atoms with van der Waals surface area (Å²) in [5, 5.41) is 0. The molecule has 3 rings (SSSR count). The zero-order valence-corrected chi connectivity index (χ0v) is 15.8. The molecule has 3 nitrogen and oxygen atoms in total. The molecule has 0 spiro atoms. The number of amides is 2. The summed E-state index contributed by atoms with van der Waals surface area (Å²) in [6, 6.07) is 13.1. The van der Waals surface area contributed by atoms with Crippen LogP contribution >= 0.6 is 46.6 Å². The van der Waals surface area contributed by atoms with Gasteiger partial charge in [0.05, 0.1) is 10.5 Å². The summed E-state index contributed by atoms with van der Waals surface area (Å²) >= 11 is 8.20. The van der Waals surface area contributed by atoms with E-state index in [4.69, 9.17) is 12.2 Å². The van der Waals surface area contributed by atoms with Crippen molar-refractivity contribution in [3.8, 4) is 0 Å². The van der Waals surface area contributed by atoms with E-state index in [1.165, 1.54) is 12.1 Å². The second kappa shape index (κ2) is 7.12. The Morgan fingerprint density at radius 3 is 2.54 bits per heavy atom. The van der Waals surface area contributed by atoms with Gasteiger partial charge in [-0.3, -0.25) is 9.59 Å². The summed E-state index contributed by atoms with van der Waals surface area (Å²) in [7, 11) is 0. The van der Waals surface area contributed by atoms with Gasteiger partial charge in [-0.2, -0.15) is 0 Å². The van der Waals surface area contributed by atoms with E-state index in [1.54, 1.807) is 42.5 Å². The molecule has 0 unspecified atom stereocenters. The van der Waals surface area contributed by atoms with Crippen LogP contribution in [0.2, 0.25) is 0 Å². The predicted octanol–water partition coefficient (Wildman–Crippen LogP) is 4.47. The van der Waals surface area contributed by atoms with E-state index in [0.717, 1.165) is 20.2 Å². The van der Waals surface area contributed by atoms with Gasteiger partial charge in [0.1, 0.15) is 5.82 Å². The maximum Gasteiger partial charge on any atom is 0.273 e. The van der Waals surface area contributed by atoms with Crippen LogP contribution in [0.4, 0.5) is 4.39 Å². The summed E-state index contributed by atoms with van der Waals surface area (Å²) in [4.78, 5) is 26.4. The van der Waals surface area contributed by atoms with Crippen LogP contribution in [0.3, 0.4) is 0 Å². The molecule has 1 fully saturated rings. The summed E-state index contributed by atoms with van der Waals surface area (Å²) < 4.78 is 14.6. The van der Waals surface area contributed by atoms with E-state index in [0.29, 0.717) is 5.56 Å². The molecule has 0 saturated carbocycles. The van der Waals surface area contributed by atoms with Gasteiger partial charge in [-0.25, -0.2) is 9.29 Å². The molecule has 0 aromatic heterocycles. The Morgan fingerprint density at radius 2 is 1.83 bits per heavy atom. The van der Waals surface area contributed by atoms with Crippen molar-refractivity contribution in [2.75, 3.05) is 0 Å². The minimum Gasteiger partial charge on any atom is -0.268 e. The Kier molecular flexibility index (Phi) is 5.12. The highest BCUT2D eigenvalue weighted by molar-refractivity contribution is 14.1. The van der Waals surface area contributed by atoms with Gasteiger partial charge in [-0.1, -0.05) is 54.3 Å². The van der Waals surface area contributed by atoms with Gasteiger partial charge in [0, 0.05) is 9.13 Å². The lowest BCUT2D eigenvalue weighted by atomic mass is 10.2. The maximum absolute atomic E-state index is 13.8. The highest BCUT2D eigenvalue weighted by Gasteiger charge is 2.37. The zero-order chi connectivity index (χ0) is 17.3. The largest absolute Gasteiger partial charge is 0.273 e. The standard InChI is InChI=1S/C17H9FINO2S2/c18-12-7-3-1-5-10(12)9-14-16(22)20(17(23)24-14)15(21)11-6-2-4-8-13(11)19/h1-9H/b14-9+. The quantitative estimate of drug-likeness (QED) is 0.282. The molecule has 0 atom stereocenters. The molecule has 2 aromatic carbocycles. The van der Waals surface area contributed by atoms with Crippen LogP contribution in [-0.2, 0) is 4.79 Å². The summed E-state index contributed by atoms with van der Waals surface area (Å²) in [6.07, 6.45) is 1.41. The average Bonchev–Trinajstić information content (AvgIpc) is 2.83. The molecule has 24 heavy (non-hydrogen) atoms. The van der Waals surface area contributed by atoms with E-state index in [9.17, 15) is 14.0 Å². The smallest absolute Gasteiger partial charge is 0.268 e. The van der Waals surface area contributed by atoms with E-state index in [-0.39, 0.29) is 14.8 Å². The number of halogens is 2. The Bertz CT molecular complexity index is 898. The zero-order valence-electron chi connectivity index (χ0n) is 12.0. The van der Waals surface area contributed by atoms with E-state index < -0.39 is 17.6 Å².